The molecule has 1 atom stereocenters. The number of aliphatic imine (C=N–C) groups is 1. The summed E-state index contributed by atoms with van der Waals surface area (Å²) in [6.45, 7) is 2.04. The maximum atomic E-state index is 12.7. The van der Waals surface area contributed by atoms with Crippen molar-refractivity contribution in [3.8, 4) is 0 Å². The van der Waals surface area contributed by atoms with E-state index in [0.717, 1.165) is 0 Å². The summed E-state index contributed by atoms with van der Waals surface area (Å²) in [5, 5.41) is 2.68. The Hall–Kier alpha value is -3.13. The quantitative estimate of drug-likeness (QED) is 0.762. The van der Waals surface area contributed by atoms with Crippen LogP contribution in [0.25, 0.3) is 0 Å². The van der Waals surface area contributed by atoms with Gasteiger partial charge in [-0.15, -0.1) is 0 Å². The Bertz CT molecular complexity index is 929. The number of amidine groups is 1. The minimum absolute atomic E-state index is 0.0850. The van der Waals surface area contributed by atoms with Gasteiger partial charge < -0.3 is 10.1 Å². The Morgan fingerprint density at radius 2 is 1.86 bits per heavy atom. The maximum absolute atomic E-state index is 12.7. The topological polar surface area (TPSA) is 88.1 Å². The molecule has 29 heavy (non-hydrogen) atoms. The molecule has 1 aliphatic heterocycles. The Morgan fingerprint density at radius 1 is 1.17 bits per heavy atom. The first-order valence-corrected chi connectivity index (χ1v) is 10.0. The highest BCUT2D eigenvalue weighted by molar-refractivity contribution is 8.15. The smallest absolute Gasteiger partial charge is 0.338 e. The molecule has 2 amide bonds. The monoisotopic (exact) mass is 411 g/mol. The van der Waals surface area contributed by atoms with Crippen molar-refractivity contribution >= 4 is 46.1 Å². The van der Waals surface area contributed by atoms with Crippen LogP contribution in [0.2, 0.25) is 0 Å². The summed E-state index contributed by atoms with van der Waals surface area (Å²) in [5.41, 5.74) is 1.66. The van der Waals surface area contributed by atoms with E-state index in [1.807, 2.05) is 30.3 Å². The summed E-state index contributed by atoms with van der Waals surface area (Å²) in [7, 11) is 1.65. The van der Waals surface area contributed by atoms with Crippen molar-refractivity contribution in [2.24, 2.45) is 4.99 Å². The molecule has 0 aliphatic carbocycles. The van der Waals surface area contributed by atoms with E-state index in [9.17, 15) is 14.4 Å². The van der Waals surface area contributed by atoms with Gasteiger partial charge in [0.05, 0.1) is 17.9 Å². The first-order valence-electron chi connectivity index (χ1n) is 9.13. The lowest BCUT2D eigenvalue weighted by Gasteiger charge is -2.28. The normalized spacial score (nSPS) is 17.9. The molecule has 2 aromatic rings. The second-order valence-electron chi connectivity index (χ2n) is 6.28. The number of hydrogen-bond donors (Lipinski definition) is 1. The molecule has 0 spiro atoms. The van der Waals surface area contributed by atoms with Crippen molar-refractivity contribution in [1.29, 1.82) is 0 Å². The molecule has 3 rings (SSSR count). The van der Waals surface area contributed by atoms with Gasteiger partial charge in [-0.1, -0.05) is 30.0 Å². The number of para-hydroxylation sites is 1. The highest BCUT2D eigenvalue weighted by Crippen LogP contribution is 2.29. The molecule has 1 aliphatic rings. The van der Waals surface area contributed by atoms with E-state index >= 15 is 0 Å². The first-order chi connectivity index (χ1) is 14.0. The van der Waals surface area contributed by atoms with Gasteiger partial charge in [0, 0.05) is 19.2 Å². The fourth-order valence-corrected chi connectivity index (χ4v) is 3.70. The van der Waals surface area contributed by atoms with Gasteiger partial charge in [-0.3, -0.25) is 14.5 Å². The number of amides is 2. The number of benzene rings is 2. The molecule has 0 bridgehead atoms. The van der Waals surface area contributed by atoms with E-state index in [-0.39, 0.29) is 18.2 Å². The standard InChI is InChI=1S/C21H21N3O4S/c1-3-28-20(27)14-9-11-16(12-10-14)22-19(26)17-13-18(25)24(2)21(29-17)23-15-7-5-4-6-8-15/h4-12,17H,3,13H2,1-2H3,(H,22,26). The molecule has 1 heterocycles. The van der Waals surface area contributed by atoms with Crippen molar-refractivity contribution < 1.29 is 19.1 Å². The summed E-state index contributed by atoms with van der Waals surface area (Å²) < 4.78 is 4.94. The number of hydrogen-bond acceptors (Lipinski definition) is 6. The van der Waals surface area contributed by atoms with Gasteiger partial charge in [-0.05, 0) is 43.3 Å². The Kier molecular flexibility index (Phi) is 6.66. The van der Waals surface area contributed by atoms with E-state index < -0.39 is 11.2 Å². The van der Waals surface area contributed by atoms with Gasteiger partial charge >= 0.3 is 5.97 Å². The van der Waals surface area contributed by atoms with E-state index in [4.69, 9.17) is 4.74 Å². The Morgan fingerprint density at radius 3 is 2.52 bits per heavy atom. The number of carbonyl (C=O) groups is 3. The zero-order chi connectivity index (χ0) is 20.8. The van der Waals surface area contributed by atoms with Gasteiger partial charge in [0.25, 0.3) is 0 Å². The zero-order valence-electron chi connectivity index (χ0n) is 16.1. The first kappa shape index (κ1) is 20.6. The molecule has 0 aromatic heterocycles. The highest BCUT2D eigenvalue weighted by Gasteiger charge is 2.34. The molecular weight excluding hydrogens is 390 g/mol. The number of nitrogens with one attached hydrogen (secondary N) is 1. The molecule has 0 saturated carbocycles. The van der Waals surface area contributed by atoms with Crippen LogP contribution >= 0.6 is 11.8 Å². The maximum Gasteiger partial charge on any atom is 0.338 e. The number of rotatable bonds is 5. The van der Waals surface area contributed by atoms with Gasteiger partial charge in [0.2, 0.25) is 11.8 Å². The molecule has 0 radical (unpaired) electrons. The lowest BCUT2D eigenvalue weighted by atomic mass is 10.2. The number of nitrogens with zero attached hydrogens (tertiary/aromatic N) is 2. The van der Waals surface area contributed by atoms with Gasteiger partial charge in [-0.2, -0.15) is 0 Å². The molecule has 1 fully saturated rings. The van der Waals surface area contributed by atoms with Gasteiger partial charge in [0.1, 0.15) is 5.25 Å². The number of thioether (sulfide) groups is 1. The number of ether oxygens (including phenoxy) is 1. The molecule has 1 unspecified atom stereocenters. The van der Waals surface area contributed by atoms with Crippen LogP contribution in [-0.2, 0) is 14.3 Å². The fourth-order valence-electron chi connectivity index (χ4n) is 2.64. The summed E-state index contributed by atoms with van der Waals surface area (Å²) in [5.74, 6) is -0.874. The molecule has 7 nitrogen and oxygen atoms in total. The summed E-state index contributed by atoms with van der Waals surface area (Å²) in [4.78, 5) is 42.7. The van der Waals surface area contributed by atoms with Crippen LogP contribution < -0.4 is 5.32 Å². The summed E-state index contributed by atoms with van der Waals surface area (Å²) in [6, 6.07) is 15.7. The van der Waals surface area contributed by atoms with E-state index in [2.05, 4.69) is 10.3 Å². The lowest BCUT2D eigenvalue weighted by molar-refractivity contribution is -0.128. The number of anilines is 1. The van der Waals surface area contributed by atoms with Crippen LogP contribution in [0.15, 0.2) is 59.6 Å². The van der Waals surface area contributed by atoms with Crippen LogP contribution in [0, 0.1) is 0 Å². The zero-order valence-corrected chi connectivity index (χ0v) is 16.9. The number of carbonyl (C=O) groups excluding carboxylic acids is 3. The van der Waals surface area contributed by atoms with Crippen LogP contribution in [0.4, 0.5) is 11.4 Å². The third-order valence-corrected chi connectivity index (χ3v) is 5.45. The summed E-state index contributed by atoms with van der Waals surface area (Å²) >= 11 is 1.25. The van der Waals surface area contributed by atoms with Crippen molar-refractivity contribution in [2.75, 3.05) is 19.0 Å². The van der Waals surface area contributed by atoms with Crippen LogP contribution in [0.3, 0.4) is 0 Å². The Balaban J connectivity index is 1.69. The molecule has 1 N–H and O–H groups in total. The highest BCUT2D eigenvalue weighted by atomic mass is 32.2. The van der Waals surface area contributed by atoms with Gasteiger partial charge in [0.15, 0.2) is 5.17 Å². The number of esters is 1. The fraction of sp³-hybridized carbons (Fsp3) is 0.238. The van der Waals surface area contributed by atoms with Gasteiger partial charge in [-0.25, -0.2) is 9.79 Å². The van der Waals surface area contributed by atoms with E-state index in [0.29, 0.717) is 28.7 Å². The van der Waals surface area contributed by atoms with Crippen molar-refractivity contribution in [1.82, 2.24) is 4.90 Å². The predicted octanol–water partition coefficient (Wildman–Crippen LogP) is 3.45. The third-order valence-electron chi connectivity index (χ3n) is 4.21. The minimum atomic E-state index is -0.592. The van der Waals surface area contributed by atoms with Crippen LogP contribution in [0.1, 0.15) is 23.7 Å². The minimum Gasteiger partial charge on any atom is -0.462 e. The van der Waals surface area contributed by atoms with Crippen LogP contribution in [-0.4, -0.2) is 46.8 Å². The molecule has 1 saturated heterocycles. The molecule has 2 aromatic carbocycles. The van der Waals surface area contributed by atoms with Crippen molar-refractivity contribution in [3.63, 3.8) is 0 Å². The SMILES string of the molecule is CCOC(=O)c1ccc(NC(=O)C2CC(=O)N(C)C(=Nc3ccccc3)S2)cc1. The summed E-state index contributed by atoms with van der Waals surface area (Å²) in [6.07, 6.45) is 0.0850. The van der Waals surface area contributed by atoms with E-state index in [1.165, 1.54) is 16.7 Å². The molecule has 8 heteroatoms. The van der Waals surface area contributed by atoms with Crippen molar-refractivity contribution in [3.05, 3.63) is 60.2 Å². The third kappa shape index (κ3) is 5.23. The average Bonchev–Trinajstić information content (AvgIpc) is 2.72. The second kappa shape index (κ2) is 9.38. The molecule has 150 valence electrons. The Labute approximate surface area is 173 Å². The lowest BCUT2D eigenvalue weighted by Crippen LogP contribution is -2.43. The van der Waals surface area contributed by atoms with Crippen molar-refractivity contribution in [2.45, 2.75) is 18.6 Å². The molecular formula is C21H21N3O4S. The average molecular weight is 411 g/mol. The largest absolute Gasteiger partial charge is 0.462 e. The van der Waals surface area contributed by atoms with E-state index in [1.54, 1.807) is 38.2 Å². The van der Waals surface area contributed by atoms with Crippen LogP contribution in [0.5, 0.6) is 0 Å². The predicted molar refractivity (Wildman–Crippen MR) is 113 cm³/mol. The second-order valence-corrected chi connectivity index (χ2v) is 7.45.